The van der Waals surface area contributed by atoms with Crippen LogP contribution < -0.4 is 0 Å². The molecule has 1 aromatic carbocycles. The number of benzene rings is 1. The Bertz CT molecular complexity index is 454. The molecule has 2 rings (SSSR count). The minimum absolute atomic E-state index is 0.264. The van der Waals surface area contributed by atoms with Crippen LogP contribution in [0.1, 0.15) is 5.76 Å². The van der Waals surface area contributed by atoms with Crippen LogP contribution in [0.4, 0.5) is 0 Å². The molecule has 0 unspecified atom stereocenters. The minimum atomic E-state index is 0.264. The number of nitriles is 1. The standard InChI is InChI=1S/C11H8N2O/c12-7-6-10-8-11(13-14-10)9-4-2-1-3-5-9/h1-5,8H,6H2. The number of nitrogens with zero attached hydrogens (tertiary/aromatic N) is 2. The third-order valence-electron chi connectivity index (χ3n) is 1.88. The highest BCUT2D eigenvalue weighted by atomic mass is 16.5. The van der Waals surface area contributed by atoms with Crippen molar-refractivity contribution >= 4 is 0 Å². The van der Waals surface area contributed by atoms with Gasteiger partial charge in [0.15, 0.2) is 5.76 Å². The van der Waals surface area contributed by atoms with Gasteiger partial charge in [0.25, 0.3) is 0 Å². The van der Waals surface area contributed by atoms with E-state index >= 15 is 0 Å². The molecule has 0 aliphatic carbocycles. The van der Waals surface area contributed by atoms with Gasteiger partial charge in [0.05, 0.1) is 12.5 Å². The third kappa shape index (κ3) is 1.64. The monoisotopic (exact) mass is 184 g/mol. The predicted molar refractivity (Wildman–Crippen MR) is 51.3 cm³/mol. The lowest BCUT2D eigenvalue weighted by Crippen LogP contribution is -1.74. The van der Waals surface area contributed by atoms with Crippen LogP contribution in [0.3, 0.4) is 0 Å². The third-order valence-corrected chi connectivity index (χ3v) is 1.88. The van der Waals surface area contributed by atoms with Gasteiger partial charge in [0, 0.05) is 11.6 Å². The largest absolute Gasteiger partial charge is 0.360 e. The van der Waals surface area contributed by atoms with Crippen LogP contribution in [-0.2, 0) is 6.42 Å². The van der Waals surface area contributed by atoms with Crippen molar-refractivity contribution in [3.63, 3.8) is 0 Å². The van der Waals surface area contributed by atoms with E-state index in [-0.39, 0.29) is 6.42 Å². The molecule has 0 aliphatic rings. The van der Waals surface area contributed by atoms with Crippen LogP contribution in [0.25, 0.3) is 11.3 Å². The Morgan fingerprint density at radius 2 is 2.07 bits per heavy atom. The Morgan fingerprint density at radius 3 is 2.79 bits per heavy atom. The lowest BCUT2D eigenvalue weighted by molar-refractivity contribution is 0.393. The predicted octanol–water partition coefficient (Wildman–Crippen LogP) is 2.41. The molecule has 0 radical (unpaired) electrons. The topological polar surface area (TPSA) is 49.8 Å². The summed E-state index contributed by atoms with van der Waals surface area (Å²) in [5.74, 6) is 0.603. The number of rotatable bonds is 2. The van der Waals surface area contributed by atoms with Gasteiger partial charge in [-0.3, -0.25) is 0 Å². The van der Waals surface area contributed by atoms with Gasteiger partial charge in [-0.1, -0.05) is 35.5 Å². The van der Waals surface area contributed by atoms with Gasteiger partial charge in [0.1, 0.15) is 5.69 Å². The smallest absolute Gasteiger partial charge is 0.151 e. The summed E-state index contributed by atoms with van der Waals surface area (Å²) in [6.07, 6.45) is 0.264. The second-order valence-electron chi connectivity index (χ2n) is 2.88. The molecule has 0 amide bonds. The summed E-state index contributed by atoms with van der Waals surface area (Å²) >= 11 is 0. The summed E-state index contributed by atoms with van der Waals surface area (Å²) in [6.45, 7) is 0. The van der Waals surface area contributed by atoms with E-state index in [0.29, 0.717) is 5.76 Å². The van der Waals surface area contributed by atoms with Gasteiger partial charge >= 0.3 is 0 Å². The van der Waals surface area contributed by atoms with Crippen molar-refractivity contribution in [2.75, 3.05) is 0 Å². The lowest BCUT2D eigenvalue weighted by atomic mass is 10.1. The molecule has 0 aliphatic heterocycles. The average molecular weight is 184 g/mol. The molecule has 0 saturated carbocycles. The first-order valence-electron chi connectivity index (χ1n) is 4.28. The first kappa shape index (κ1) is 8.52. The number of hydrogen-bond donors (Lipinski definition) is 0. The van der Waals surface area contributed by atoms with Crippen LogP contribution in [-0.4, -0.2) is 5.16 Å². The Labute approximate surface area is 81.6 Å². The van der Waals surface area contributed by atoms with E-state index < -0.39 is 0 Å². The van der Waals surface area contributed by atoms with E-state index in [1.807, 2.05) is 36.4 Å². The summed E-state index contributed by atoms with van der Waals surface area (Å²) in [5, 5.41) is 12.3. The van der Waals surface area contributed by atoms with E-state index in [1.165, 1.54) is 0 Å². The molecule has 0 N–H and O–H groups in total. The Balaban J connectivity index is 2.31. The second kappa shape index (κ2) is 3.75. The zero-order chi connectivity index (χ0) is 9.80. The van der Waals surface area contributed by atoms with E-state index in [0.717, 1.165) is 11.3 Å². The molecule has 1 heterocycles. The fourth-order valence-corrected chi connectivity index (χ4v) is 1.22. The molecular weight excluding hydrogens is 176 g/mol. The molecule has 3 heteroatoms. The highest BCUT2D eigenvalue weighted by Gasteiger charge is 2.04. The molecule has 0 spiro atoms. The van der Waals surface area contributed by atoms with Crippen LogP contribution in [0.2, 0.25) is 0 Å². The molecule has 3 nitrogen and oxygen atoms in total. The fourth-order valence-electron chi connectivity index (χ4n) is 1.22. The molecule has 14 heavy (non-hydrogen) atoms. The number of hydrogen-bond acceptors (Lipinski definition) is 3. The van der Waals surface area contributed by atoms with Gasteiger partial charge in [-0.2, -0.15) is 5.26 Å². The van der Waals surface area contributed by atoms with Gasteiger partial charge < -0.3 is 4.52 Å². The number of aromatic nitrogens is 1. The van der Waals surface area contributed by atoms with E-state index in [4.69, 9.17) is 9.78 Å². The SMILES string of the molecule is N#CCc1cc(-c2ccccc2)no1. The fraction of sp³-hybridized carbons (Fsp3) is 0.0909. The van der Waals surface area contributed by atoms with E-state index in [1.54, 1.807) is 6.07 Å². The van der Waals surface area contributed by atoms with E-state index in [9.17, 15) is 0 Å². The second-order valence-corrected chi connectivity index (χ2v) is 2.88. The summed E-state index contributed by atoms with van der Waals surface area (Å²) in [6, 6.07) is 13.5. The maximum atomic E-state index is 8.46. The highest BCUT2D eigenvalue weighted by molar-refractivity contribution is 5.58. The van der Waals surface area contributed by atoms with Crippen LogP contribution in [0, 0.1) is 11.3 Å². The van der Waals surface area contributed by atoms with Crippen molar-refractivity contribution < 1.29 is 4.52 Å². The van der Waals surface area contributed by atoms with Gasteiger partial charge in [0.2, 0.25) is 0 Å². The molecule has 0 fully saturated rings. The Hall–Kier alpha value is -2.08. The quantitative estimate of drug-likeness (QED) is 0.720. The molecule has 0 saturated heterocycles. The zero-order valence-electron chi connectivity index (χ0n) is 7.47. The molecule has 0 atom stereocenters. The highest BCUT2D eigenvalue weighted by Crippen LogP contribution is 2.18. The van der Waals surface area contributed by atoms with Crippen molar-refractivity contribution in [1.82, 2.24) is 5.16 Å². The van der Waals surface area contributed by atoms with Crippen molar-refractivity contribution in [1.29, 1.82) is 5.26 Å². The van der Waals surface area contributed by atoms with Crippen molar-refractivity contribution in [2.24, 2.45) is 0 Å². The van der Waals surface area contributed by atoms with E-state index in [2.05, 4.69) is 5.16 Å². The van der Waals surface area contributed by atoms with Crippen molar-refractivity contribution in [3.05, 3.63) is 42.2 Å². The molecular formula is C11H8N2O. The molecule has 0 bridgehead atoms. The Morgan fingerprint density at radius 1 is 1.29 bits per heavy atom. The maximum Gasteiger partial charge on any atom is 0.151 e. The van der Waals surface area contributed by atoms with Gasteiger partial charge in [-0.25, -0.2) is 0 Å². The first-order valence-corrected chi connectivity index (χ1v) is 4.28. The first-order chi connectivity index (χ1) is 6.90. The zero-order valence-corrected chi connectivity index (χ0v) is 7.47. The van der Waals surface area contributed by atoms with Crippen LogP contribution in [0.15, 0.2) is 40.9 Å². The minimum Gasteiger partial charge on any atom is -0.360 e. The van der Waals surface area contributed by atoms with Gasteiger partial charge in [-0.05, 0) is 0 Å². The molecule has 68 valence electrons. The molecule has 2 aromatic rings. The lowest BCUT2D eigenvalue weighted by Gasteiger charge is -1.91. The van der Waals surface area contributed by atoms with Gasteiger partial charge in [-0.15, -0.1) is 0 Å². The van der Waals surface area contributed by atoms with Crippen molar-refractivity contribution in [3.8, 4) is 17.3 Å². The molecule has 1 aromatic heterocycles. The summed E-state index contributed by atoms with van der Waals surface area (Å²) in [5.41, 5.74) is 1.77. The summed E-state index contributed by atoms with van der Waals surface area (Å²) in [7, 11) is 0. The van der Waals surface area contributed by atoms with Crippen LogP contribution >= 0.6 is 0 Å². The Kier molecular flexibility index (Phi) is 2.28. The summed E-state index contributed by atoms with van der Waals surface area (Å²) < 4.78 is 4.99. The summed E-state index contributed by atoms with van der Waals surface area (Å²) in [4.78, 5) is 0. The van der Waals surface area contributed by atoms with Crippen molar-refractivity contribution in [2.45, 2.75) is 6.42 Å². The van der Waals surface area contributed by atoms with Crippen LogP contribution in [0.5, 0.6) is 0 Å². The maximum absolute atomic E-state index is 8.46. The average Bonchev–Trinajstić information content (AvgIpc) is 2.68. The normalized spacial score (nSPS) is 9.64.